The molecule has 0 aliphatic rings. The Morgan fingerprint density at radius 3 is 2.35 bits per heavy atom. The molecule has 1 aromatic heterocycles. The lowest BCUT2D eigenvalue weighted by molar-refractivity contribution is 0.817. The van der Waals surface area contributed by atoms with Gasteiger partial charge in [0, 0.05) is 29.1 Å². The Kier molecular flexibility index (Phi) is 4.18. The maximum Gasteiger partial charge on any atom is 0.0270 e. The lowest BCUT2D eigenvalue weighted by Crippen LogP contribution is -2.04. The molecule has 0 saturated carbocycles. The Labute approximate surface area is 106 Å². The van der Waals surface area contributed by atoms with Gasteiger partial charge in [0.05, 0.1) is 0 Å². The topological polar surface area (TPSA) is 38.9 Å². The monoisotopic (exact) mass is 244 g/mol. The highest BCUT2D eigenvalue weighted by Gasteiger charge is 2.00. The number of rotatable bonds is 4. The van der Waals surface area contributed by atoms with E-state index in [-0.39, 0.29) is 6.04 Å². The summed E-state index contributed by atoms with van der Waals surface area (Å²) in [6, 6.07) is 12.6. The first-order valence-corrected chi connectivity index (χ1v) is 6.61. The molecule has 0 aliphatic carbocycles. The van der Waals surface area contributed by atoms with Gasteiger partial charge in [-0.25, -0.2) is 0 Å². The van der Waals surface area contributed by atoms with Crippen molar-refractivity contribution in [2.75, 3.05) is 0 Å². The minimum Gasteiger partial charge on any atom is -0.324 e. The first kappa shape index (κ1) is 12.1. The molecule has 0 fully saturated rings. The Balaban J connectivity index is 1.96. The van der Waals surface area contributed by atoms with Gasteiger partial charge in [0.1, 0.15) is 0 Å². The van der Waals surface area contributed by atoms with Crippen molar-refractivity contribution in [2.45, 2.75) is 23.6 Å². The zero-order chi connectivity index (χ0) is 12.1. The predicted octanol–water partition coefficient (Wildman–Crippen LogP) is 3.39. The van der Waals surface area contributed by atoms with Crippen LogP contribution in [0, 0.1) is 0 Å². The van der Waals surface area contributed by atoms with Gasteiger partial charge in [-0.15, -0.1) is 11.8 Å². The van der Waals surface area contributed by atoms with E-state index < -0.39 is 0 Å². The summed E-state index contributed by atoms with van der Waals surface area (Å²) >= 11 is 1.83. The Morgan fingerprint density at radius 2 is 1.76 bits per heavy atom. The summed E-state index contributed by atoms with van der Waals surface area (Å²) in [7, 11) is 0. The van der Waals surface area contributed by atoms with Gasteiger partial charge in [-0.2, -0.15) is 0 Å². The number of nitrogens with two attached hydrogens (primary N) is 1. The molecule has 88 valence electrons. The highest BCUT2D eigenvalue weighted by molar-refractivity contribution is 7.98. The van der Waals surface area contributed by atoms with Crippen molar-refractivity contribution < 1.29 is 0 Å². The Hall–Kier alpha value is -1.32. The molecule has 2 N–H and O–H groups in total. The van der Waals surface area contributed by atoms with Crippen LogP contribution in [0.15, 0.2) is 53.7 Å². The number of aromatic nitrogens is 1. The first-order chi connectivity index (χ1) is 8.25. The van der Waals surface area contributed by atoms with Crippen molar-refractivity contribution in [1.29, 1.82) is 0 Å². The Bertz CT molecular complexity index is 451. The second-order valence-corrected chi connectivity index (χ2v) is 5.05. The fourth-order valence-corrected chi connectivity index (χ4v) is 2.37. The van der Waals surface area contributed by atoms with Gasteiger partial charge in [0.25, 0.3) is 0 Å². The second-order valence-electron chi connectivity index (χ2n) is 4.00. The van der Waals surface area contributed by atoms with Crippen LogP contribution in [0.1, 0.15) is 24.1 Å². The number of hydrogen-bond acceptors (Lipinski definition) is 3. The molecular formula is C14H16N2S. The zero-order valence-corrected chi connectivity index (χ0v) is 10.7. The van der Waals surface area contributed by atoms with E-state index in [2.05, 4.69) is 29.2 Å². The third-order valence-electron chi connectivity index (χ3n) is 2.56. The van der Waals surface area contributed by atoms with Crippen LogP contribution in [-0.2, 0) is 5.75 Å². The third-order valence-corrected chi connectivity index (χ3v) is 3.64. The van der Waals surface area contributed by atoms with Gasteiger partial charge >= 0.3 is 0 Å². The molecule has 1 aromatic carbocycles. The molecule has 3 heteroatoms. The lowest BCUT2D eigenvalue weighted by Gasteiger charge is -2.06. The van der Waals surface area contributed by atoms with E-state index in [0.717, 1.165) is 5.75 Å². The number of nitrogens with zero attached hydrogens (tertiary/aromatic N) is 1. The van der Waals surface area contributed by atoms with Crippen LogP contribution in [-0.4, -0.2) is 4.98 Å². The number of hydrogen-bond donors (Lipinski definition) is 1. The molecule has 1 unspecified atom stereocenters. The van der Waals surface area contributed by atoms with E-state index >= 15 is 0 Å². The van der Waals surface area contributed by atoms with Gasteiger partial charge in [0.15, 0.2) is 0 Å². The van der Waals surface area contributed by atoms with Crippen LogP contribution in [0.25, 0.3) is 0 Å². The average Bonchev–Trinajstić information content (AvgIpc) is 2.38. The molecule has 2 rings (SSSR count). The number of benzene rings is 1. The summed E-state index contributed by atoms with van der Waals surface area (Å²) < 4.78 is 0. The fourth-order valence-electron chi connectivity index (χ4n) is 1.51. The second kappa shape index (κ2) is 5.84. The highest BCUT2D eigenvalue weighted by atomic mass is 32.2. The molecule has 0 saturated heterocycles. The number of thioether (sulfide) groups is 1. The quantitative estimate of drug-likeness (QED) is 0.838. The maximum atomic E-state index is 5.82. The van der Waals surface area contributed by atoms with E-state index in [1.165, 1.54) is 16.0 Å². The molecule has 2 nitrogen and oxygen atoms in total. The van der Waals surface area contributed by atoms with Crippen molar-refractivity contribution in [1.82, 2.24) is 4.98 Å². The van der Waals surface area contributed by atoms with Crippen molar-refractivity contribution in [3.63, 3.8) is 0 Å². The fraction of sp³-hybridized carbons (Fsp3) is 0.214. The summed E-state index contributed by atoms with van der Waals surface area (Å²) in [4.78, 5) is 5.28. The van der Waals surface area contributed by atoms with Crippen LogP contribution in [0.3, 0.4) is 0 Å². The highest BCUT2D eigenvalue weighted by Crippen LogP contribution is 2.23. The summed E-state index contributed by atoms with van der Waals surface area (Å²) in [5.41, 5.74) is 8.29. The molecule has 0 spiro atoms. The molecule has 0 bridgehead atoms. The minimum absolute atomic E-state index is 0.106. The van der Waals surface area contributed by atoms with Crippen LogP contribution < -0.4 is 5.73 Å². The zero-order valence-electron chi connectivity index (χ0n) is 9.84. The van der Waals surface area contributed by atoms with E-state index in [0.29, 0.717) is 0 Å². The Morgan fingerprint density at radius 1 is 1.12 bits per heavy atom. The van der Waals surface area contributed by atoms with Crippen molar-refractivity contribution in [3.05, 3.63) is 59.9 Å². The van der Waals surface area contributed by atoms with E-state index in [4.69, 9.17) is 5.73 Å². The van der Waals surface area contributed by atoms with Gasteiger partial charge in [-0.1, -0.05) is 12.1 Å². The van der Waals surface area contributed by atoms with E-state index in [1.54, 1.807) is 0 Å². The molecule has 0 amide bonds. The summed E-state index contributed by atoms with van der Waals surface area (Å²) in [6.07, 6.45) is 3.66. The van der Waals surface area contributed by atoms with Gasteiger partial charge in [-0.3, -0.25) is 4.98 Å². The molecule has 0 radical (unpaired) electrons. The standard InChI is InChI=1S/C14H16N2S/c1-11(15)13-2-4-14(5-3-13)17-10-12-6-8-16-9-7-12/h2-9,11H,10,15H2,1H3. The van der Waals surface area contributed by atoms with E-state index in [1.807, 2.05) is 43.2 Å². The molecular weight excluding hydrogens is 228 g/mol. The summed E-state index contributed by atoms with van der Waals surface area (Å²) in [5.74, 6) is 0.972. The summed E-state index contributed by atoms with van der Waals surface area (Å²) in [6.45, 7) is 2.00. The van der Waals surface area contributed by atoms with Gasteiger partial charge in [-0.05, 0) is 42.3 Å². The van der Waals surface area contributed by atoms with Crippen molar-refractivity contribution in [3.8, 4) is 0 Å². The van der Waals surface area contributed by atoms with Crippen molar-refractivity contribution in [2.24, 2.45) is 5.73 Å². The molecule has 1 heterocycles. The number of pyridine rings is 1. The lowest BCUT2D eigenvalue weighted by atomic mass is 10.1. The van der Waals surface area contributed by atoms with E-state index in [9.17, 15) is 0 Å². The normalized spacial score (nSPS) is 12.4. The predicted molar refractivity (Wildman–Crippen MR) is 72.8 cm³/mol. The van der Waals surface area contributed by atoms with Crippen LogP contribution >= 0.6 is 11.8 Å². The van der Waals surface area contributed by atoms with Crippen LogP contribution in [0.4, 0.5) is 0 Å². The minimum atomic E-state index is 0.106. The van der Waals surface area contributed by atoms with Gasteiger partial charge in [0.2, 0.25) is 0 Å². The van der Waals surface area contributed by atoms with Crippen molar-refractivity contribution >= 4 is 11.8 Å². The molecule has 2 aromatic rings. The first-order valence-electron chi connectivity index (χ1n) is 5.63. The van der Waals surface area contributed by atoms with Crippen LogP contribution in [0.2, 0.25) is 0 Å². The SMILES string of the molecule is CC(N)c1ccc(SCc2ccncc2)cc1. The average molecular weight is 244 g/mol. The molecule has 0 aliphatic heterocycles. The third kappa shape index (κ3) is 3.58. The van der Waals surface area contributed by atoms with Crippen LogP contribution in [0.5, 0.6) is 0 Å². The summed E-state index contributed by atoms with van der Waals surface area (Å²) in [5, 5.41) is 0. The van der Waals surface area contributed by atoms with Gasteiger partial charge < -0.3 is 5.73 Å². The molecule has 17 heavy (non-hydrogen) atoms. The maximum absolute atomic E-state index is 5.82. The smallest absolute Gasteiger partial charge is 0.0270 e. The largest absolute Gasteiger partial charge is 0.324 e. The molecule has 1 atom stereocenters.